The number of hydrogen-bond donors (Lipinski definition) is 1. The molecule has 12 heteroatoms. The highest BCUT2D eigenvalue weighted by Gasteiger charge is 2.60. The molecule has 38 heavy (non-hydrogen) atoms. The molecule has 2 aliphatic rings. The van der Waals surface area contributed by atoms with E-state index in [9.17, 15) is 9.59 Å². The largest absolute Gasteiger partial charge is 0.481 e. The number of amides is 3. The molecule has 0 atom stereocenters. The number of likely N-dealkylation sites (tertiary alicyclic amines) is 1. The molecule has 0 radical (unpaired) electrons. The van der Waals surface area contributed by atoms with Crippen LogP contribution in [0.4, 0.5) is 16.4 Å². The first-order chi connectivity index (χ1) is 18.6. The summed E-state index contributed by atoms with van der Waals surface area (Å²) in [5.74, 6) is 0.729. The molecule has 2 aliphatic heterocycles. The van der Waals surface area contributed by atoms with E-state index >= 15 is 0 Å². The summed E-state index contributed by atoms with van der Waals surface area (Å²) in [6, 6.07) is 18.5. The number of aromatic amines is 1. The monoisotopic (exact) mass is 511 g/mol. The van der Waals surface area contributed by atoms with Gasteiger partial charge in [-0.25, -0.2) is 19.6 Å². The van der Waals surface area contributed by atoms with Crippen molar-refractivity contribution < 1.29 is 14.3 Å². The minimum atomic E-state index is -1.13. The van der Waals surface area contributed by atoms with Gasteiger partial charge >= 0.3 is 6.03 Å². The van der Waals surface area contributed by atoms with E-state index in [0.717, 1.165) is 11.1 Å². The fraction of sp³-hybridized carbons (Fsp3) is 0.269. The van der Waals surface area contributed by atoms with Gasteiger partial charge in [-0.1, -0.05) is 47.7 Å². The molecule has 0 aliphatic carbocycles. The molecule has 0 saturated carbocycles. The first-order valence-electron chi connectivity index (χ1n) is 12.2. The lowest BCUT2D eigenvalue weighted by atomic mass is 9.86. The van der Waals surface area contributed by atoms with E-state index in [1.807, 2.05) is 42.5 Å². The molecule has 2 aromatic carbocycles. The molecule has 1 spiro atoms. The lowest BCUT2D eigenvalue weighted by molar-refractivity contribution is -0.123. The maximum absolute atomic E-state index is 14.1. The molecule has 12 nitrogen and oxygen atoms in total. The van der Waals surface area contributed by atoms with Gasteiger partial charge in [0.15, 0.2) is 5.82 Å². The standard InChI is InChI=1S/C26H25N9O3/c1-38-22-11-14-27-24(28-22)35-25(37)34(20-9-7-19(8-10-20)18-5-3-2-4-6-18)23(36)26(35)12-15-33(16-13-26)17-21-29-31-32-30-21/h2-11,14H,12-13,15-17H2,1H3,(H,29,30,31,32). The van der Waals surface area contributed by atoms with Crippen LogP contribution in [0.2, 0.25) is 0 Å². The molecule has 3 amide bonds. The Hall–Kier alpha value is -4.71. The summed E-state index contributed by atoms with van der Waals surface area (Å²) < 4.78 is 5.28. The normalized spacial score (nSPS) is 17.4. The number of tetrazole rings is 1. The van der Waals surface area contributed by atoms with Crippen LogP contribution in [-0.2, 0) is 11.3 Å². The maximum Gasteiger partial charge on any atom is 0.339 e. The third-order valence-electron chi connectivity index (χ3n) is 7.11. The van der Waals surface area contributed by atoms with E-state index in [2.05, 4.69) is 35.5 Å². The number of urea groups is 1. The van der Waals surface area contributed by atoms with E-state index in [4.69, 9.17) is 4.74 Å². The smallest absolute Gasteiger partial charge is 0.339 e. The molecule has 2 saturated heterocycles. The third kappa shape index (κ3) is 4.04. The SMILES string of the molecule is COc1ccnc(N2C(=O)N(c3ccc(-c4ccccc4)cc3)C(=O)C23CCN(Cc2nn[nH]n2)CC3)n1. The highest BCUT2D eigenvalue weighted by atomic mass is 16.5. The van der Waals surface area contributed by atoms with Crippen LogP contribution in [-0.4, -0.2) is 73.2 Å². The van der Waals surface area contributed by atoms with E-state index in [1.54, 1.807) is 18.2 Å². The number of anilines is 2. The first-order valence-corrected chi connectivity index (χ1v) is 12.2. The second-order valence-corrected chi connectivity index (χ2v) is 9.21. The first kappa shape index (κ1) is 23.7. The number of H-pyrrole nitrogens is 1. The van der Waals surface area contributed by atoms with Crippen molar-refractivity contribution >= 4 is 23.6 Å². The van der Waals surface area contributed by atoms with E-state index in [1.165, 1.54) is 23.1 Å². The van der Waals surface area contributed by atoms with Crippen molar-refractivity contribution in [1.82, 2.24) is 35.5 Å². The van der Waals surface area contributed by atoms with Gasteiger partial charge in [-0.2, -0.15) is 10.2 Å². The zero-order valence-corrected chi connectivity index (χ0v) is 20.7. The Morgan fingerprint density at radius 2 is 1.71 bits per heavy atom. The van der Waals surface area contributed by atoms with Gasteiger partial charge in [-0.3, -0.25) is 9.69 Å². The molecule has 2 aromatic heterocycles. The average molecular weight is 512 g/mol. The second kappa shape index (κ2) is 9.63. The molecular weight excluding hydrogens is 486 g/mol. The van der Waals surface area contributed by atoms with E-state index in [-0.39, 0.29) is 11.9 Å². The highest BCUT2D eigenvalue weighted by molar-refractivity contribution is 6.30. The summed E-state index contributed by atoms with van der Waals surface area (Å²) in [5.41, 5.74) is 1.41. The van der Waals surface area contributed by atoms with Gasteiger partial charge in [0, 0.05) is 25.4 Å². The maximum atomic E-state index is 14.1. The van der Waals surface area contributed by atoms with Crippen LogP contribution < -0.4 is 14.5 Å². The summed E-state index contributed by atoms with van der Waals surface area (Å²) in [7, 11) is 1.50. The molecule has 4 aromatic rings. The van der Waals surface area contributed by atoms with Gasteiger partial charge in [0.25, 0.3) is 5.91 Å². The number of ether oxygens (including phenoxy) is 1. The third-order valence-corrected chi connectivity index (χ3v) is 7.11. The lowest BCUT2D eigenvalue weighted by Gasteiger charge is -2.40. The summed E-state index contributed by atoms with van der Waals surface area (Å²) in [6.07, 6.45) is 2.32. The molecule has 4 heterocycles. The van der Waals surface area contributed by atoms with Crippen LogP contribution in [0.25, 0.3) is 11.1 Å². The van der Waals surface area contributed by atoms with Crippen molar-refractivity contribution in [3.63, 3.8) is 0 Å². The van der Waals surface area contributed by atoms with Gasteiger partial charge in [0.1, 0.15) is 5.54 Å². The fourth-order valence-electron chi connectivity index (χ4n) is 5.13. The number of carbonyl (C=O) groups is 2. The predicted molar refractivity (Wildman–Crippen MR) is 137 cm³/mol. The minimum Gasteiger partial charge on any atom is -0.481 e. The average Bonchev–Trinajstić information content (AvgIpc) is 3.55. The van der Waals surface area contributed by atoms with Crippen LogP contribution in [0.3, 0.4) is 0 Å². The van der Waals surface area contributed by atoms with Crippen LogP contribution in [0.1, 0.15) is 18.7 Å². The Labute approximate surface area is 218 Å². The zero-order valence-electron chi connectivity index (χ0n) is 20.7. The fourth-order valence-corrected chi connectivity index (χ4v) is 5.13. The van der Waals surface area contributed by atoms with Gasteiger partial charge in [0.2, 0.25) is 11.8 Å². The molecule has 2 fully saturated rings. The van der Waals surface area contributed by atoms with Crippen molar-refractivity contribution in [3.8, 4) is 17.0 Å². The Bertz CT molecular complexity index is 1440. The van der Waals surface area contributed by atoms with Crippen LogP contribution >= 0.6 is 0 Å². The predicted octanol–water partition coefficient (Wildman–Crippen LogP) is 2.67. The second-order valence-electron chi connectivity index (χ2n) is 9.21. The van der Waals surface area contributed by atoms with Gasteiger partial charge in [0.05, 0.1) is 19.3 Å². The lowest BCUT2D eigenvalue weighted by Crippen LogP contribution is -2.57. The molecule has 1 N–H and O–H groups in total. The van der Waals surface area contributed by atoms with Gasteiger partial charge in [-0.05, 0) is 36.1 Å². The molecule has 192 valence electrons. The van der Waals surface area contributed by atoms with Gasteiger partial charge < -0.3 is 4.74 Å². The number of imide groups is 1. The number of nitrogens with one attached hydrogen (secondary N) is 1. The molecule has 6 rings (SSSR count). The van der Waals surface area contributed by atoms with Crippen molar-refractivity contribution in [2.75, 3.05) is 30.0 Å². The topological polar surface area (TPSA) is 133 Å². The summed E-state index contributed by atoms with van der Waals surface area (Å²) in [5, 5.41) is 14.1. The molecule has 0 unspecified atom stereocenters. The quantitative estimate of drug-likeness (QED) is 0.388. The number of hydrogen-bond acceptors (Lipinski definition) is 9. The van der Waals surface area contributed by atoms with Crippen molar-refractivity contribution in [1.29, 1.82) is 0 Å². The van der Waals surface area contributed by atoms with Crippen molar-refractivity contribution in [3.05, 3.63) is 72.7 Å². The van der Waals surface area contributed by atoms with Crippen molar-refractivity contribution in [2.45, 2.75) is 24.9 Å². The van der Waals surface area contributed by atoms with Crippen LogP contribution in [0, 0.1) is 0 Å². The molecule has 0 bridgehead atoms. The highest BCUT2D eigenvalue weighted by Crippen LogP contribution is 2.42. The number of rotatable bonds is 6. The Balaban J connectivity index is 1.34. The Morgan fingerprint density at radius 3 is 2.39 bits per heavy atom. The van der Waals surface area contributed by atoms with Crippen molar-refractivity contribution in [2.24, 2.45) is 0 Å². The number of benzene rings is 2. The van der Waals surface area contributed by atoms with Crippen LogP contribution in [0.15, 0.2) is 66.9 Å². The number of nitrogens with zero attached hydrogens (tertiary/aromatic N) is 8. The number of methoxy groups -OCH3 is 1. The Kier molecular flexibility index (Phi) is 6.00. The number of aromatic nitrogens is 6. The minimum absolute atomic E-state index is 0.137. The number of carbonyl (C=O) groups excluding carboxylic acids is 2. The van der Waals surface area contributed by atoms with Gasteiger partial charge in [-0.15, -0.1) is 10.2 Å². The molecular formula is C26H25N9O3. The summed E-state index contributed by atoms with van der Waals surface area (Å²) in [4.78, 5) is 41.7. The Morgan fingerprint density at radius 1 is 0.974 bits per heavy atom. The summed E-state index contributed by atoms with van der Waals surface area (Å²) >= 11 is 0. The van der Waals surface area contributed by atoms with Crippen LogP contribution in [0.5, 0.6) is 5.88 Å². The van der Waals surface area contributed by atoms with E-state index < -0.39 is 11.6 Å². The number of piperidine rings is 1. The van der Waals surface area contributed by atoms with E-state index in [0.29, 0.717) is 49.9 Å². The summed E-state index contributed by atoms with van der Waals surface area (Å²) in [6.45, 7) is 1.60. The zero-order chi connectivity index (χ0) is 26.1.